The van der Waals surface area contributed by atoms with Crippen LogP contribution in [0.15, 0.2) is 0 Å². The van der Waals surface area contributed by atoms with Crippen LogP contribution < -0.4 is 0 Å². The Balaban J connectivity index is 2.31. The van der Waals surface area contributed by atoms with Crippen LogP contribution in [0.25, 0.3) is 0 Å². The Bertz CT molecular complexity index is 196. The molecule has 0 amide bonds. The lowest BCUT2D eigenvalue weighted by Gasteiger charge is -2.32. The van der Waals surface area contributed by atoms with Gasteiger partial charge in [-0.2, -0.15) is 0 Å². The summed E-state index contributed by atoms with van der Waals surface area (Å²) in [5.41, 5.74) is 1.40. The molecule has 0 nitrogen and oxygen atoms in total. The Hall–Kier alpha value is 0. The van der Waals surface area contributed by atoms with E-state index in [1.54, 1.807) is 0 Å². The zero-order valence-electron chi connectivity index (χ0n) is 8.98. The van der Waals surface area contributed by atoms with Crippen LogP contribution in [0.4, 0.5) is 0 Å². The molecule has 0 aromatic heterocycles. The third kappa shape index (κ3) is 0.791. The molecular formula is C12H22. The second kappa shape index (κ2) is 2.27. The molecule has 0 aromatic carbocycles. The smallest absolute Gasteiger partial charge is 0.0266 e. The van der Waals surface area contributed by atoms with Crippen molar-refractivity contribution in [2.75, 3.05) is 0 Å². The third-order valence-corrected chi connectivity index (χ3v) is 5.41. The predicted molar refractivity (Wildman–Crippen MR) is 53.0 cm³/mol. The first-order chi connectivity index (χ1) is 5.53. The van der Waals surface area contributed by atoms with E-state index in [1.165, 1.54) is 25.7 Å². The molecule has 2 aliphatic carbocycles. The minimum atomic E-state index is 0.698. The zero-order valence-corrected chi connectivity index (χ0v) is 8.98. The van der Waals surface area contributed by atoms with Crippen molar-refractivity contribution in [3.8, 4) is 0 Å². The van der Waals surface area contributed by atoms with Gasteiger partial charge in [-0.05, 0) is 41.9 Å². The zero-order chi connectivity index (χ0) is 8.98. The summed E-state index contributed by atoms with van der Waals surface area (Å²) in [6.07, 6.45) is 5.88. The Morgan fingerprint density at radius 3 is 2.17 bits per heavy atom. The van der Waals surface area contributed by atoms with Gasteiger partial charge in [0.05, 0.1) is 0 Å². The first kappa shape index (κ1) is 8.59. The van der Waals surface area contributed by atoms with E-state index >= 15 is 0 Å². The molecule has 4 atom stereocenters. The maximum atomic E-state index is 2.53. The summed E-state index contributed by atoms with van der Waals surface area (Å²) < 4.78 is 0. The van der Waals surface area contributed by atoms with Gasteiger partial charge in [0.2, 0.25) is 0 Å². The van der Waals surface area contributed by atoms with E-state index in [0.717, 1.165) is 11.8 Å². The van der Waals surface area contributed by atoms with Crippen LogP contribution in [0.3, 0.4) is 0 Å². The molecule has 0 aromatic rings. The fraction of sp³-hybridized carbons (Fsp3) is 1.00. The lowest BCUT2D eigenvalue weighted by atomic mass is 9.73. The molecule has 2 saturated carbocycles. The Morgan fingerprint density at radius 1 is 1.25 bits per heavy atom. The fourth-order valence-electron chi connectivity index (χ4n) is 4.03. The topological polar surface area (TPSA) is 0 Å². The van der Waals surface area contributed by atoms with Gasteiger partial charge in [-0.25, -0.2) is 0 Å². The predicted octanol–water partition coefficient (Wildman–Crippen LogP) is 3.86. The molecule has 0 spiro atoms. The summed E-state index contributed by atoms with van der Waals surface area (Å²) >= 11 is 0. The van der Waals surface area contributed by atoms with Crippen LogP contribution in [-0.4, -0.2) is 0 Å². The van der Waals surface area contributed by atoms with Crippen LogP contribution >= 0.6 is 0 Å². The third-order valence-electron chi connectivity index (χ3n) is 5.41. The van der Waals surface area contributed by atoms with Crippen LogP contribution in [-0.2, 0) is 0 Å². The first-order valence-corrected chi connectivity index (χ1v) is 5.53. The number of hydrogen-bond donors (Lipinski definition) is 0. The molecular weight excluding hydrogens is 144 g/mol. The Labute approximate surface area is 76.7 Å². The summed E-state index contributed by atoms with van der Waals surface area (Å²) in [6, 6.07) is 0. The van der Waals surface area contributed by atoms with Crippen molar-refractivity contribution in [1.29, 1.82) is 0 Å². The van der Waals surface area contributed by atoms with E-state index in [0.29, 0.717) is 10.8 Å². The minimum Gasteiger partial charge on any atom is -0.0651 e. The van der Waals surface area contributed by atoms with Crippen LogP contribution in [0, 0.1) is 22.7 Å². The van der Waals surface area contributed by atoms with E-state index in [2.05, 4.69) is 27.7 Å². The van der Waals surface area contributed by atoms with Crippen LogP contribution in [0.1, 0.15) is 53.4 Å². The second-order valence-electron chi connectivity index (χ2n) is 5.69. The van der Waals surface area contributed by atoms with Gasteiger partial charge in [0.25, 0.3) is 0 Å². The minimum absolute atomic E-state index is 0.698. The van der Waals surface area contributed by atoms with Gasteiger partial charge in [0.1, 0.15) is 0 Å². The van der Waals surface area contributed by atoms with Crippen molar-refractivity contribution in [3.63, 3.8) is 0 Å². The average Bonchev–Trinajstić information content (AvgIpc) is 2.38. The number of fused-ring (bicyclic) bond motifs is 2. The molecule has 2 aliphatic rings. The lowest BCUT2D eigenvalue weighted by molar-refractivity contribution is 0.171. The van der Waals surface area contributed by atoms with Gasteiger partial charge >= 0.3 is 0 Å². The summed E-state index contributed by atoms with van der Waals surface area (Å²) in [5, 5.41) is 0. The average molecular weight is 166 g/mol. The lowest BCUT2D eigenvalue weighted by Crippen LogP contribution is -2.24. The van der Waals surface area contributed by atoms with Crippen molar-refractivity contribution in [1.82, 2.24) is 0 Å². The van der Waals surface area contributed by atoms with E-state index in [-0.39, 0.29) is 0 Å². The highest BCUT2D eigenvalue weighted by Gasteiger charge is 2.59. The molecule has 0 aliphatic heterocycles. The van der Waals surface area contributed by atoms with Crippen molar-refractivity contribution in [2.24, 2.45) is 22.7 Å². The van der Waals surface area contributed by atoms with E-state index in [9.17, 15) is 0 Å². The molecule has 2 bridgehead atoms. The molecule has 12 heavy (non-hydrogen) atoms. The van der Waals surface area contributed by atoms with Crippen molar-refractivity contribution in [3.05, 3.63) is 0 Å². The highest BCUT2D eigenvalue weighted by Crippen LogP contribution is 2.68. The van der Waals surface area contributed by atoms with Gasteiger partial charge in [-0.3, -0.25) is 0 Å². The molecule has 0 N–H and O–H groups in total. The van der Waals surface area contributed by atoms with E-state index in [4.69, 9.17) is 0 Å². The van der Waals surface area contributed by atoms with Gasteiger partial charge in [-0.1, -0.05) is 34.1 Å². The maximum Gasteiger partial charge on any atom is -0.0266 e. The SMILES string of the molecule is CCC1CC2(C)CCC1(C)C2C. The fourth-order valence-corrected chi connectivity index (χ4v) is 4.03. The molecule has 0 radical (unpaired) electrons. The number of rotatable bonds is 1. The molecule has 4 unspecified atom stereocenters. The van der Waals surface area contributed by atoms with Gasteiger partial charge in [0.15, 0.2) is 0 Å². The largest absolute Gasteiger partial charge is 0.0651 e. The normalized spacial score (nSPS) is 58.0. The van der Waals surface area contributed by atoms with Gasteiger partial charge in [0, 0.05) is 0 Å². The Kier molecular flexibility index (Phi) is 1.63. The van der Waals surface area contributed by atoms with Crippen molar-refractivity contribution >= 4 is 0 Å². The summed E-state index contributed by atoms with van der Waals surface area (Å²) in [4.78, 5) is 0. The molecule has 2 rings (SSSR count). The van der Waals surface area contributed by atoms with Gasteiger partial charge < -0.3 is 0 Å². The Morgan fingerprint density at radius 2 is 1.92 bits per heavy atom. The standard InChI is InChI=1S/C12H22/c1-5-10-8-11(3)6-7-12(10,4)9(11)2/h9-10H,5-8H2,1-4H3. The quantitative estimate of drug-likeness (QED) is 0.555. The monoisotopic (exact) mass is 166 g/mol. The second-order valence-corrected chi connectivity index (χ2v) is 5.69. The highest BCUT2D eigenvalue weighted by atomic mass is 14.6. The van der Waals surface area contributed by atoms with E-state index < -0.39 is 0 Å². The van der Waals surface area contributed by atoms with E-state index in [1.807, 2.05) is 0 Å². The summed E-state index contributed by atoms with van der Waals surface area (Å²) in [6.45, 7) is 9.90. The highest BCUT2D eigenvalue weighted by molar-refractivity contribution is 5.08. The molecule has 0 saturated heterocycles. The van der Waals surface area contributed by atoms with Gasteiger partial charge in [-0.15, -0.1) is 0 Å². The molecule has 0 heterocycles. The van der Waals surface area contributed by atoms with Crippen molar-refractivity contribution < 1.29 is 0 Å². The molecule has 70 valence electrons. The molecule has 0 heteroatoms. The van der Waals surface area contributed by atoms with Crippen LogP contribution in [0.2, 0.25) is 0 Å². The summed E-state index contributed by atoms with van der Waals surface area (Å²) in [7, 11) is 0. The molecule has 2 fully saturated rings. The first-order valence-electron chi connectivity index (χ1n) is 5.53. The number of hydrogen-bond acceptors (Lipinski definition) is 0. The summed E-state index contributed by atoms with van der Waals surface area (Å²) in [5.74, 6) is 1.99. The van der Waals surface area contributed by atoms with Crippen LogP contribution in [0.5, 0.6) is 0 Å². The van der Waals surface area contributed by atoms with Crippen molar-refractivity contribution in [2.45, 2.75) is 53.4 Å². The maximum absolute atomic E-state index is 2.53.